The van der Waals surface area contributed by atoms with Crippen molar-refractivity contribution in [3.63, 3.8) is 0 Å². The van der Waals surface area contributed by atoms with Crippen LogP contribution in [0.15, 0.2) is 36.7 Å². The topological polar surface area (TPSA) is 48.1 Å². The molecule has 0 aliphatic carbocycles. The van der Waals surface area contributed by atoms with Crippen LogP contribution in [0.1, 0.15) is 25.5 Å². The first-order valence-corrected chi connectivity index (χ1v) is 5.69. The first-order chi connectivity index (χ1) is 8.06. The van der Waals surface area contributed by atoms with E-state index in [-0.39, 0.29) is 6.04 Å². The highest BCUT2D eigenvalue weighted by atomic mass is 16.5. The third-order valence-corrected chi connectivity index (χ3v) is 3.32. The molecule has 3 nitrogen and oxygen atoms in total. The minimum absolute atomic E-state index is 0.168. The van der Waals surface area contributed by atoms with Gasteiger partial charge in [-0.2, -0.15) is 0 Å². The Morgan fingerprint density at radius 2 is 2.06 bits per heavy atom. The summed E-state index contributed by atoms with van der Waals surface area (Å²) in [6.07, 6.45) is 3.64. The van der Waals surface area contributed by atoms with E-state index < -0.39 is 5.60 Å². The molecule has 17 heavy (non-hydrogen) atoms. The maximum absolute atomic E-state index is 6.30. The number of rotatable bonds is 3. The van der Waals surface area contributed by atoms with Crippen LogP contribution in [-0.4, -0.2) is 17.7 Å². The van der Waals surface area contributed by atoms with Crippen LogP contribution in [0.25, 0.3) is 10.8 Å². The van der Waals surface area contributed by atoms with Crippen LogP contribution >= 0.6 is 0 Å². The van der Waals surface area contributed by atoms with Crippen LogP contribution in [0, 0.1) is 0 Å². The lowest BCUT2D eigenvalue weighted by molar-refractivity contribution is 0.000326. The number of methoxy groups -OCH3 is 1. The van der Waals surface area contributed by atoms with Crippen LogP contribution < -0.4 is 5.73 Å². The molecular weight excluding hydrogens is 212 g/mol. The number of ether oxygens (including phenoxy) is 1. The van der Waals surface area contributed by atoms with E-state index in [1.807, 2.05) is 44.3 Å². The summed E-state index contributed by atoms with van der Waals surface area (Å²) in [6.45, 7) is 4.00. The van der Waals surface area contributed by atoms with E-state index in [1.54, 1.807) is 13.3 Å². The van der Waals surface area contributed by atoms with Crippen LogP contribution in [0.5, 0.6) is 0 Å². The molecule has 0 spiro atoms. The second-order valence-corrected chi connectivity index (χ2v) is 4.73. The SMILES string of the molecule is COC(C)(C)C(N)c1cccc2cnccc12. The van der Waals surface area contributed by atoms with E-state index in [4.69, 9.17) is 10.5 Å². The van der Waals surface area contributed by atoms with Gasteiger partial charge in [0, 0.05) is 24.9 Å². The molecule has 0 saturated heterocycles. The molecule has 0 bridgehead atoms. The number of benzene rings is 1. The van der Waals surface area contributed by atoms with Crippen molar-refractivity contribution in [2.75, 3.05) is 7.11 Å². The Bertz CT molecular complexity index is 517. The van der Waals surface area contributed by atoms with E-state index in [0.29, 0.717) is 0 Å². The van der Waals surface area contributed by atoms with Gasteiger partial charge >= 0.3 is 0 Å². The fraction of sp³-hybridized carbons (Fsp3) is 0.357. The minimum atomic E-state index is -0.391. The number of hydrogen-bond acceptors (Lipinski definition) is 3. The fourth-order valence-corrected chi connectivity index (χ4v) is 1.92. The summed E-state index contributed by atoms with van der Waals surface area (Å²) in [5, 5.41) is 2.24. The Labute approximate surface area is 102 Å². The highest BCUT2D eigenvalue weighted by Gasteiger charge is 2.28. The van der Waals surface area contributed by atoms with E-state index in [9.17, 15) is 0 Å². The molecule has 0 aliphatic heterocycles. The van der Waals surface area contributed by atoms with Gasteiger partial charge in [-0.15, -0.1) is 0 Å². The number of hydrogen-bond donors (Lipinski definition) is 1. The average molecular weight is 230 g/mol. The monoisotopic (exact) mass is 230 g/mol. The zero-order chi connectivity index (χ0) is 12.5. The van der Waals surface area contributed by atoms with Crippen molar-refractivity contribution >= 4 is 10.8 Å². The molecular formula is C14H18N2O. The molecule has 2 rings (SSSR count). The molecule has 0 fully saturated rings. The molecule has 0 saturated carbocycles. The highest BCUT2D eigenvalue weighted by molar-refractivity contribution is 5.85. The molecule has 1 aromatic heterocycles. The maximum atomic E-state index is 6.30. The molecule has 90 valence electrons. The van der Waals surface area contributed by atoms with E-state index in [0.717, 1.165) is 16.3 Å². The van der Waals surface area contributed by atoms with Gasteiger partial charge in [0.1, 0.15) is 0 Å². The Balaban J connectivity index is 2.56. The normalized spacial score (nSPS) is 13.9. The standard InChI is InChI=1S/C14H18N2O/c1-14(2,17-3)13(15)12-6-4-5-10-9-16-8-7-11(10)12/h4-9,13H,15H2,1-3H3. The Morgan fingerprint density at radius 3 is 2.76 bits per heavy atom. The van der Waals surface area contributed by atoms with Gasteiger partial charge in [-0.25, -0.2) is 0 Å². The van der Waals surface area contributed by atoms with Gasteiger partial charge in [0.05, 0.1) is 11.6 Å². The van der Waals surface area contributed by atoms with Gasteiger partial charge in [-0.3, -0.25) is 4.98 Å². The first kappa shape index (κ1) is 12.0. The molecule has 2 N–H and O–H groups in total. The van der Waals surface area contributed by atoms with Crippen molar-refractivity contribution in [2.24, 2.45) is 5.73 Å². The minimum Gasteiger partial charge on any atom is -0.377 e. The lowest BCUT2D eigenvalue weighted by Gasteiger charge is -2.31. The zero-order valence-corrected chi connectivity index (χ0v) is 10.5. The van der Waals surface area contributed by atoms with Crippen molar-refractivity contribution in [3.05, 3.63) is 42.2 Å². The van der Waals surface area contributed by atoms with Gasteiger partial charge in [0.15, 0.2) is 0 Å². The summed E-state index contributed by atoms with van der Waals surface area (Å²) >= 11 is 0. The van der Waals surface area contributed by atoms with Crippen molar-refractivity contribution in [2.45, 2.75) is 25.5 Å². The van der Waals surface area contributed by atoms with Crippen LogP contribution in [0.3, 0.4) is 0 Å². The van der Waals surface area contributed by atoms with E-state index >= 15 is 0 Å². The molecule has 0 radical (unpaired) electrons. The first-order valence-electron chi connectivity index (χ1n) is 5.69. The van der Waals surface area contributed by atoms with Crippen molar-refractivity contribution in [1.29, 1.82) is 0 Å². The molecule has 1 aromatic carbocycles. The third-order valence-electron chi connectivity index (χ3n) is 3.32. The fourth-order valence-electron chi connectivity index (χ4n) is 1.92. The molecule has 3 heteroatoms. The number of pyridine rings is 1. The zero-order valence-electron chi connectivity index (χ0n) is 10.5. The van der Waals surface area contributed by atoms with Gasteiger partial charge in [-0.05, 0) is 30.9 Å². The number of nitrogens with two attached hydrogens (primary N) is 1. The molecule has 1 unspecified atom stereocenters. The molecule has 0 amide bonds. The average Bonchev–Trinajstić information content (AvgIpc) is 2.37. The largest absolute Gasteiger partial charge is 0.377 e. The number of aromatic nitrogens is 1. The van der Waals surface area contributed by atoms with Gasteiger partial charge < -0.3 is 10.5 Å². The molecule has 2 aromatic rings. The summed E-state index contributed by atoms with van der Waals surface area (Å²) in [5.74, 6) is 0. The second kappa shape index (κ2) is 4.43. The van der Waals surface area contributed by atoms with Crippen LogP contribution in [0.4, 0.5) is 0 Å². The van der Waals surface area contributed by atoms with Crippen molar-refractivity contribution in [1.82, 2.24) is 4.98 Å². The van der Waals surface area contributed by atoms with Gasteiger partial charge in [0.2, 0.25) is 0 Å². The van der Waals surface area contributed by atoms with Crippen LogP contribution in [0.2, 0.25) is 0 Å². The third kappa shape index (κ3) is 2.16. The number of fused-ring (bicyclic) bond motifs is 1. The Hall–Kier alpha value is -1.45. The molecule has 0 aliphatic rings. The highest BCUT2D eigenvalue weighted by Crippen LogP contribution is 2.30. The van der Waals surface area contributed by atoms with E-state index in [2.05, 4.69) is 4.98 Å². The predicted octanol–water partition coefficient (Wildman–Crippen LogP) is 2.66. The lowest BCUT2D eigenvalue weighted by Crippen LogP contribution is -2.37. The van der Waals surface area contributed by atoms with Crippen LogP contribution in [-0.2, 0) is 4.74 Å². The Morgan fingerprint density at radius 1 is 1.29 bits per heavy atom. The summed E-state index contributed by atoms with van der Waals surface area (Å²) < 4.78 is 5.46. The number of nitrogens with zero attached hydrogens (tertiary/aromatic N) is 1. The predicted molar refractivity (Wildman–Crippen MR) is 69.8 cm³/mol. The maximum Gasteiger partial charge on any atom is 0.0814 e. The summed E-state index contributed by atoms with van der Waals surface area (Å²) in [7, 11) is 1.69. The molecule has 1 atom stereocenters. The Kier molecular flexibility index (Phi) is 3.13. The smallest absolute Gasteiger partial charge is 0.0814 e. The van der Waals surface area contributed by atoms with E-state index in [1.165, 1.54) is 0 Å². The summed E-state index contributed by atoms with van der Waals surface area (Å²) in [6, 6.07) is 7.92. The summed E-state index contributed by atoms with van der Waals surface area (Å²) in [4.78, 5) is 4.12. The molecule has 1 heterocycles. The lowest BCUT2D eigenvalue weighted by atomic mass is 9.89. The quantitative estimate of drug-likeness (QED) is 0.881. The second-order valence-electron chi connectivity index (χ2n) is 4.73. The van der Waals surface area contributed by atoms with Crippen molar-refractivity contribution in [3.8, 4) is 0 Å². The summed E-state index contributed by atoms with van der Waals surface area (Å²) in [5.41, 5.74) is 7.01. The van der Waals surface area contributed by atoms with Gasteiger partial charge in [-0.1, -0.05) is 18.2 Å². The van der Waals surface area contributed by atoms with Gasteiger partial charge in [0.25, 0.3) is 0 Å². The van der Waals surface area contributed by atoms with Crippen molar-refractivity contribution < 1.29 is 4.74 Å².